The summed E-state index contributed by atoms with van der Waals surface area (Å²) in [4.78, 5) is 0. The Bertz CT molecular complexity index is 645. The van der Waals surface area contributed by atoms with Crippen LogP contribution in [-0.4, -0.2) is 9.78 Å². The minimum absolute atomic E-state index is 0.611. The number of aromatic nitrogens is 2. The summed E-state index contributed by atoms with van der Waals surface area (Å²) >= 11 is 6.23. The molecule has 0 amide bonds. The van der Waals surface area contributed by atoms with Crippen LogP contribution in [0.4, 0.5) is 0 Å². The van der Waals surface area contributed by atoms with Crippen molar-refractivity contribution in [1.29, 1.82) is 0 Å². The number of halogens is 1. The van der Waals surface area contributed by atoms with Crippen LogP contribution in [0.5, 0.6) is 0 Å². The van der Waals surface area contributed by atoms with E-state index in [2.05, 4.69) is 5.10 Å². The van der Waals surface area contributed by atoms with E-state index in [1.165, 1.54) is 0 Å². The van der Waals surface area contributed by atoms with Crippen LogP contribution in [0.3, 0.4) is 0 Å². The molecule has 1 aromatic heterocycles. The van der Waals surface area contributed by atoms with E-state index < -0.39 is 0 Å². The summed E-state index contributed by atoms with van der Waals surface area (Å²) in [6.07, 6.45) is 0. The maximum Gasteiger partial charge on any atom is 0.133 e. The van der Waals surface area contributed by atoms with Gasteiger partial charge in [-0.05, 0) is 12.1 Å². The van der Waals surface area contributed by atoms with Gasteiger partial charge in [0.15, 0.2) is 0 Å². The molecule has 0 saturated heterocycles. The summed E-state index contributed by atoms with van der Waals surface area (Å²) < 4.78 is 1.74. The summed E-state index contributed by atoms with van der Waals surface area (Å²) in [6.45, 7) is 0. The minimum Gasteiger partial charge on any atom is -0.222 e. The standard InChI is InChI=1S/C15H11ClN2/c16-15-11-14(12-7-3-1-4-8-12)17-18(15)13-9-5-2-6-10-13/h1-11H. The van der Waals surface area contributed by atoms with E-state index in [0.717, 1.165) is 16.9 Å². The minimum atomic E-state index is 0.611. The highest BCUT2D eigenvalue weighted by Crippen LogP contribution is 2.24. The number of nitrogens with zero attached hydrogens (tertiary/aromatic N) is 2. The molecule has 18 heavy (non-hydrogen) atoms. The third-order valence-corrected chi connectivity index (χ3v) is 3.01. The Labute approximate surface area is 110 Å². The average Bonchev–Trinajstić information content (AvgIpc) is 2.83. The molecule has 0 aliphatic heterocycles. The molecule has 0 N–H and O–H groups in total. The Morgan fingerprint density at radius 2 is 1.44 bits per heavy atom. The van der Waals surface area contributed by atoms with Crippen molar-refractivity contribution >= 4 is 11.6 Å². The molecule has 3 aromatic rings. The van der Waals surface area contributed by atoms with Gasteiger partial charge >= 0.3 is 0 Å². The normalized spacial score (nSPS) is 10.5. The van der Waals surface area contributed by atoms with E-state index in [-0.39, 0.29) is 0 Å². The second-order valence-corrected chi connectivity index (χ2v) is 4.35. The molecule has 0 atom stereocenters. The van der Waals surface area contributed by atoms with E-state index in [1.54, 1.807) is 4.68 Å². The topological polar surface area (TPSA) is 17.8 Å². The quantitative estimate of drug-likeness (QED) is 0.670. The van der Waals surface area contributed by atoms with E-state index in [9.17, 15) is 0 Å². The molecule has 0 saturated carbocycles. The summed E-state index contributed by atoms with van der Waals surface area (Å²) in [7, 11) is 0. The largest absolute Gasteiger partial charge is 0.222 e. The first kappa shape index (κ1) is 11.1. The molecule has 0 unspecified atom stereocenters. The van der Waals surface area contributed by atoms with Crippen LogP contribution in [-0.2, 0) is 0 Å². The Kier molecular flexibility index (Phi) is 2.87. The Morgan fingerprint density at radius 3 is 2.11 bits per heavy atom. The van der Waals surface area contributed by atoms with Crippen LogP contribution >= 0.6 is 11.6 Å². The lowest BCUT2D eigenvalue weighted by Crippen LogP contribution is -1.95. The lowest BCUT2D eigenvalue weighted by molar-refractivity contribution is 0.885. The van der Waals surface area contributed by atoms with Crippen molar-refractivity contribution in [2.75, 3.05) is 0 Å². The summed E-state index contributed by atoms with van der Waals surface area (Å²) in [5.41, 5.74) is 2.91. The molecule has 0 aliphatic rings. The van der Waals surface area contributed by atoms with Crippen LogP contribution in [0.15, 0.2) is 66.7 Å². The first-order valence-electron chi connectivity index (χ1n) is 5.71. The van der Waals surface area contributed by atoms with Gasteiger partial charge in [-0.25, -0.2) is 4.68 Å². The van der Waals surface area contributed by atoms with Crippen molar-refractivity contribution in [3.63, 3.8) is 0 Å². The molecular formula is C15H11ClN2. The van der Waals surface area contributed by atoms with Crippen LogP contribution in [0.2, 0.25) is 5.15 Å². The van der Waals surface area contributed by atoms with Crippen LogP contribution in [0.1, 0.15) is 0 Å². The van der Waals surface area contributed by atoms with Gasteiger partial charge in [0.05, 0.1) is 11.4 Å². The number of benzene rings is 2. The highest BCUT2D eigenvalue weighted by molar-refractivity contribution is 6.30. The van der Waals surface area contributed by atoms with Crippen LogP contribution in [0, 0.1) is 0 Å². The van der Waals surface area contributed by atoms with Gasteiger partial charge < -0.3 is 0 Å². The van der Waals surface area contributed by atoms with E-state index in [0.29, 0.717) is 5.15 Å². The zero-order chi connectivity index (χ0) is 12.4. The number of rotatable bonds is 2. The zero-order valence-corrected chi connectivity index (χ0v) is 10.4. The predicted octanol–water partition coefficient (Wildman–Crippen LogP) is 4.19. The number of hydrogen-bond acceptors (Lipinski definition) is 1. The van der Waals surface area contributed by atoms with Crippen molar-refractivity contribution in [3.05, 3.63) is 71.9 Å². The molecule has 0 bridgehead atoms. The van der Waals surface area contributed by atoms with E-state index >= 15 is 0 Å². The van der Waals surface area contributed by atoms with Crippen LogP contribution in [0.25, 0.3) is 16.9 Å². The highest BCUT2D eigenvalue weighted by atomic mass is 35.5. The van der Waals surface area contributed by atoms with Gasteiger partial charge in [-0.1, -0.05) is 60.1 Å². The monoisotopic (exact) mass is 254 g/mol. The Hall–Kier alpha value is -2.06. The molecule has 2 nitrogen and oxygen atoms in total. The van der Waals surface area contributed by atoms with Gasteiger partial charge in [-0.2, -0.15) is 5.10 Å². The van der Waals surface area contributed by atoms with Gasteiger partial charge in [0, 0.05) is 11.6 Å². The van der Waals surface area contributed by atoms with Gasteiger partial charge in [0.25, 0.3) is 0 Å². The SMILES string of the molecule is Clc1cc(-c2ccccc2)nn1-c1ccccc1. The van der Waals surface area contributed by atoms with Crippen molar-refractivity contribution in [2.45, 2.75) is 0 Å². The second-order valence-electron chi connectivity index (χ2n) is 3.97. The van der Waals surface area contributed by atoms with Crippen molar-refractivity contribution in [3.8, 4) is 16.9 Å². The highest BCUT2D eigenvalue weighted by Gasteiger charge is 2.08. The molecule has 2 aromatic carbocycles. The molecule has 3 rings (SSSR count). The third kappa shape index (κ3) is 2.03. The number of para-hydroxylation sites is 1. The number of hydrogen-bond donors (Lipinski definition) is 0. The molecule has 1 heterocycles. The summed E-state index contributed by atoms with van der Waals surface area (Å²) in [5, 5.41) is 5.15. The molecule has 0 radical (unpaired) electrons. The summed E-state index contributed by atoms with van der Waals surface area (Å²) in [5.74, 6) is 0. The zero-order valence-electron chi connectivity index (χ0n) is 9.62. The molecular weight excluding hydrogens is 244 g/mol. The molecule has 0 spiro atoms. The molecule has 0 fully saturated rings. The van der Waals surface area contributed by atoms with Gasteiger partial charge in [-0.15, -0.1) is 0 Å². The lowest BCUT2D eigenvalue weighted by Gasteiger charge is -2.01. The smallest absolute Gasteiger partial charge is 0.133 e. The predicted molar refractivity (Wildman–Crippen MR) is 74.0 cm³/mol. The summed E-state index contributed by atoms with van der Waals surface area (Å²) in [6, 6.07) is 21.8. The molecule has 3 heteroatoms. The van der Waals surface area contributed by atoms with Gasteiger partial charge in [0.2, 0.25) is 0 Å². The van der Waals surface area contributed by atoms with Gasteiger partial charge in [0.1, 0.15) is 5.15 Å². The van der Waals surface area contributed by atoms with Gasteiger partial charge in [-0.3, -0.25) is 0 Å². The van der Waals surface area contributed by atoms with E-state index in [4.69, 9.17) is 11.6 Å². The van der Waals surface area contributed by atoms with Crippen molar-refractivity contribution < 1.29 is 0 Å². The fourth-order valence-corrected chi connectivity index (χ4v) is 2.10. The molecule has 88 valence electrons. The fraction of sp³-hybridized carbons (Fsp3) is 0. The maximum absolute atomic E-state index is 6.23. The lowest BCUT2D eigenvalue weighted by atomic mass is 10.2. The molecule has 0 aliphatic carbocycles. The first-order chi connectivity index (χ1) is 8.84. The second kappa shape index (κ2) is 4.67. The van der Waals surface area contributed by atoms with Crippen LogP contribution < -0.4 is 0 Å². The first-order valence-corrected chi connectivity index (χ1v) is 6.09. The van der Waals surface area contributed by atoms with E-state index in [1.807, 2.05) is 66.7 Å². The Balaban J connectivity index is 2.07. The van der Waals surface area contributed by atoms with Crippen molar-refractivity contribution in [2.24, 2.45) is 0 Å². The fourth-order valence-electron chi connectivity index (χ4n) is 1.86. The average molecular weight is 255 g/mol. The maximum atomic E-state index is 6.23. The Morgan fingerprint density at radius 1 is 0.833 bits per heavy atom. The van der Waals surface area contributed by atoms with Crippen molar-refractivity contribution in [1.82, 2.24) is 9.78 Å². The third-order valence-electron chi connectivity index (χ3n) is 2.74.